The topological polar surface area (TPSA) is 56.3 Å². The van der Waals surface area contributed by atoms with Crippen LogP contribution in [0.1, 0.15) is 118 Å². The lowest BCUT2D eigenvalue weighted by molar-refractivity contribution is 0.00495. The molecular weight excluding hydrogens is 346 g/mol. The van der Waals surface area contributed by atoms with Crippen LogP contribution in [0.5, 0.6) is 0 Å². The van der Waals surface area contributed by atoms with Gasteiger partial charge < -0.3 is 15.7 Å². The third kappa shape index (κ3) is 9.56. The summed E-state index contributed by atoms with van der Waals surface area (Å²) in [5, 5.41) is 21.0. The summed E-state index contributed by atoms with van der Waals surface area (Å²) in [5.41, 5.74) is -0.0248. The van der Waals surface area contributed by atoms with Crippen LogP contribution >= 0.6 is 0 Å². The number of hydrogen-bond donors (Lipinski definition) is 4. The summed E-state index contributed by atoms with van der Waals surface area (Å²) < 4.78 is 0. The van der Waals surface area contributed by atoms with Gasteiger partial charge in [-0.2, -0.15) is 0 Å². The molecule has 3 aliphatic rings. The van der Waals surface area contributed by atoms with Crippen LogP contribution in [0, 0.1) is 0 Å². The fraction of sp³-hybridized carbons (Fsp3) is 1.00. The van der Waals surface area contributed by atoms with Gasteiger partial charge in [0.2, 0.25) is 0 Å². The highest BCUT2D eigenvalue weighted by Crippen LogP contribution is 2.27. The molecule has 1 saturated heterocycles. The van der Waals surface area contributed by atoms with Crippen molar-refractivity contribution in [2.45, 2.75) is 147 Å². The average Bonchev–Trinajstić information content (AvgIpc) is 2.60. The molecule has 3 fully saturated rings. The molecule has 4 heteroatoms. The Morgan fingerprint density at radius 3 is 1.68 bits per heavy atom. The largest absolute Gasteiger partial charge is 0.375 e. The number of hydrogen-bond acceptors (Lipinski definition) is 4. The van der Waals surface area contributed by atoms with E-state index >= 15 is 0 Å². The lowest BCUT2D eigenvalue weighted by atomic mass is 9.83. The van der Waals surface area contributed by atoms with Crippen molar-refractivity contribution >= 4 is 0 Å². The Balaban J connectivity index is 0.000000237. The maximum atomic E-state index is 10.4. The van der Waals surface area contributed by atoms with Gasteiger partial charge >= 0.3 is 0 Å². The third-order valence-corrected chi connectivity index (χ3v) is 6.74. The van der Waals surface area contributed by atoms with Gasteiger partial charge in [0.15, 0.2) is 0 Å². The number of rotatable bonds is 5. The number of aliphatic hydroxyl groups is 1. The average molecular weight is 396 g/mol. The van der Waals surface area contributed by atoms with E-state index < -0.39 is 5.72 Å². The van der Waals surface area contributed by atoms with Crippen molar-refractivity contribution in [3.63, 3.8) is 0 Å². The van der Waals surface area contributed by atoms with Crippen LogP contribution in [-0.4, -0.2) is 40.5 Å². The summed E-state index contributed by atoms with van der Waals surface area (Å²) in [4.78, 5) is 0. The van der Waals surface area contributed by atoms with Gasteiger partial charge in [0.1, 0.15) is 5.72 Å². The Hall–Kier alpha value is -0.160. The van der Waals surface area contributed by atoms with Gasteiger partial charge in [-0.05, 0) is 79.6 Å². The van der Waals surface area contributed by atoms with Gasteiger partial charge in [-0.15, -0.1) is 0 Å². The van der Waals surface area contributed by atoms with Crippen molar-refractivity contribution in [3.05, 3.63) is 0 Å². The molecule has 0 radical (unpaired) electrons. The van der Waals surface area contributed by atoms with E-state index in [0.29, 0.717) is 29.7 Å². The molecule has 1 heterocycles. The minimum Gasteiger partial charge on any atom is -0.375 e. The Kier molecular flexibility index (Phi) is 9.25. The Bertz CT molecular complexity index is 421. The standard InChI is InChI=1S/C15H30N2O.C9H19N/c1-15(18,17-14-10-6-3-7-11-14)12-16-13-8-4-2-5-9-13;1-8(2)6-5-7-9(3,4)10-8/h13-14,16-18H,2-12H2,1H3;10H,5-7H2,1-4H3. The van der Waals surface area contributed by atoms with Crippen molar-refractivity contribution in [3.8, 4) is 0 Å². The van der Waals surface area contributed by atoms with Crippen LogP contribution in [0.25, 0.3) is 0 Å². The van der Waals surface area contributed by atoms with E-state index in [1.165, 1.54) is 83.5 Å². The SMILES string of the molecule is CC(O)(CNC1CCCCC1)NC1CCCCC1.CC1(C)CCCC(C)(C)N1. The summed E-state index contributed by atoms with van der Waals surface area (Å²) >= 11 is 0. The molecular formula is C24H49N3O. The molecule has 166 valence electrons. The summed E-state index contributed by atoms with van der Waals surface area (Å²) in [6.45, 7) is 11.7. The zero-order chi connectivity index (χ0) is 20.7. The van der Waals surface area contributed by atoms with Crippen molar-refractivity contribution < 1.29 is 5.11 Å². The van der Waals surface area contributed by atoms with Crippen LogP contribution in [-0.2, 0) is 0 Å². The van der Waals surface area contributed by atoms with Crippen LogP contribution in [0.3, 0.4) is 0 Å². The van der Waals surface area contributed by atoms with Gasteiger partial charge in [0.05, 0.1) is 0 Å². The molecule has 2 saturated carbocycles. The minimum absolute atomic E-state index is 0.363. The molecule has 1 atom stereocenters. The number of nitrogens with one attached hydrogen (secondary N) is 3. The fourth-order valence-electron chi connectivity index (χ4n) is 5.40. The molecule has 0 amide bonds. The first-order valence-electron chi connectivity index (χ1n) is 12.1. The second-order valence-electron chi connectivity index (χ2n) is 11.2. The predicted octanol–water partition coefficient (Wildman–Crippen LogP) is 4.86. The molecule has 4 nitrogen and oxygen atoms in total. The predicted molar refractivity (Wildman–Crippen MR) is 121 cm³/mol. The third-order valence-electron chi connectivity index (χ3n) is 6.74. The van der Waals surface area contributed by atoms with Gasteiger partial charge in [-0.3, -0.25) is 5.32 Å². The lowest BCUT2D eigenvalue weighted by Gasteiger charge is -2.42. The summed E-state index contributed by atoms with van der Waals surface area (Å²) in [6, 6.07) is 1.14. The first-order chi connectivity index (χ1) is 13.1. The molecule has 0 aromatic heterocycles. The van der Waals surface area contributed by atoms with E-state index in [1.54, 1.807) is 0 Å². The Morgan fingerprint density at radius 1 is 0.786 bits per heavy atom. The van der Waals surface area contributed by atoms with Gasteiger partial charge in [0, 0.05) is 29.7 Å². The molecule has 0 bridgehead atoms. The summed E-state index contributed by atoms with van der Waals surface area (Å²) in [6.07, 6.45) is 17.0. The lowest BCUT2D eigenvalue weighted by Crippen LogP contribution is -2.56. The van der Waals surface area contributed by atoms with Gasteiger partial charge in [-0.25, -0.2) is 0 Å². The smallest absolute Gasteiger partial charge is 0.125 e. The zero-order valence-corrected chi connectivity index (χ0v) is 19.5. The second kappa shape index (κ2) is 10.7. The molecule has 1 aliphatic heterocycles. The molecule has 3 rings (SSSR count). The first kappa shape index (κ1) is 24.1. The Morgan fingerprint density at radius 2 is 1.25 bits per heavy atom. The monoisotopic (exact) mass is 395 g/mol. The van der Waals surface area contributed by atoms with E-state index in [9.17, 15) is 5.11 Å². The van der Waals surface area contributed by atoms with E-state index in [1.807, 2.05) is 6.92 Å². The summed E-state index contributed by atoms with van der Waals surface area (Å²) in [5.74, 6) is 0. The molecule has 0 aromatic carbocycles. The highest BCUT2D eigenvalue weighted by Gasteiger charge is 2.31. The molecule has 28 heavy (non-hydrogen) atoms. The highest BCUT2D eigenvalue weighted by atomic mass is 16.3. The van der Waals surface area contributed by atoms with Crippen molar-refractivity contribution in [1.29, 1.82) is 0 Å². The van der Waals surface area contributed by atoms with Crippen LogP contribution in [0.4, 0.5) is 0 Å². The highest BCUT2D eigenvalue weighted by molar-refractivity contribution is 4.92. The fourth-order valence-corrected chi connectivity index (χ4v) is 5.40. The molecule has 0 spiro atoms. The first-order valence-corrected chi connectivity index (χ1v) is 12.1. The molecule has 2 aliphatic carbocycles. The van der Waals surface area contributed by atoms with E-state index in [0.717, 1.165) is 0 Å². The van der Waals surface area contributed by atoms with E-state index in [4.69, 9.17) is 0 Å². The second-order valence-corrected chi connectivity index (χ2v) is 11.2. The zero-order valence-electron chi connectivity index (χ0n) is 19.5. The van der Waals surface area contributed by atoms with E-state index in [2.05, 4.69) is 43.6 Å². The van der Waals surface area contributed by atoms with Gasteiger partial charge in [0.25, 0.3) is 0 Å². The van der Waals surface area contributed by atoms with Crippen molar-refractivity contribution in [2.24, 2.45) is 0 Å². The minimum atomic E-state index is -0.751. The quantitative estimate of drug-likeness (QED) is 0.502. The normalized spacial score (nSPS) is 28.1. The van der Waals surface area contributed by atoms with Crippen LogP contribution < -0.4 is 16.0 Å². The van der Waals surface area contributed by atoms with Crippen LogP contribution in [0.15, 0.2) is 0 Å². The van der Waals surface area contributed by atoms with Crippen molar-refractivity contribution in [1.82, 2.24) is 16.0 Å². The van der Waals surface area contributed by atoms with Crippen molar-refractivity contribution in [2.75, 3.05) is 6.54 Å². The molecule has 0 aromatic rings. The van der Waals surface area contributed by atoms with Gasteiger partial charge in [-0.1, -0.05) is 38.5 Å². The molecule has 1 unspecified atom stereocenters. The summed E-state index contributed by atoms with van der Waals surface area (Å²) in [7, 11) is 0. The Labute approximate surface area is 175 Å². The molecule has 4 N–H and O–H groups in total. The van der Waals surface area contributed by atoms with Crippen LogP contribution in [0.2, 0.25) is 0 Å². The maximum Gasteiger partial charge on any atom is 0.125 e. The van der Waals surface area contributed by atoms with E-state index in [-0.39, 0.29) is 0 Å². The number of piperidine rings is 1. The maximum absolute atomic E-state index is 10.4.